The van der Waals surface area contributed by atoms with Gasteiger partial charge in [-0.15, -0.1) is 0 Å². The molecule has 2 aromatic rings. The molecule has 0 aliphatic heterocycles. The maximum Gasteiger partial charge on any atom is 0.417 e. The highest BCUT2D eigenvalue weighted by atomic mass is 19.4. The van der Waals surface area contributed by atoms with Crippen LogP contribution in [0, 0.1) is 13.8 Å². The lowest BCUT2D eigenvalue weighted by Gasteiger charge is -2.13. The maximum absolute atomic E-state index is 12.9. The Bertz CT molecular complexity index is 568. The van der Waals surface area contributed by atoms with Gasteiger partial charge in [0, 0.05) is 0 Å². The van der Waals surface area contributed by atoms with Crippen LogP contribution in [0.25, 0.3) is 11.1 Å². The number of halogens is 3. The molecule has 0 N–H and O–H groups in total. The van der Waals surface area contributed by atoms with E-state index >= 15 is 0 Å². The van der Waals surface area contributed by atoms with Crippen molar-refractivity contribution in [1.29, 1.82) is 0 Å². The molecular formula is C15H13F3. The van der Waals surface area contributed by atoms with Crippen molar-refractivity contribution >= 4 is 0 Å². The molecule has 3 heteroatoms. The summed E-state index contributed by atoms with van der Waals surface area (Å²) in [5.74, 6) is 0. The van der Waals surface area contributed by atoms with Gasteiger partial charge >= 0.3 is 6.18 Å². The number of alkyl halides is 3. The molecule has 0 fully saturated rings. The Morgan fingerprint density at radius 2 is 1.50 bits per heavy atom. The first-order chi connectivity index (χ1) is 8.39. The van der Waals surface area contributed by atoms with Crippen molar-refractivity contribution in [3.05, 3.63) is 59.2 Å². The van der Waals surface area contributed by atoms with Crippen molar-refractivity contribution in [2.24, 2.45) is 0 Å². The summed E-state index contributed by atoms with van der Waals surface area (Å²) in [6.45, 7) is 3.84. The van der Waals surface area contributed by atoms with Gasteiger partial charge in [0.2, 0.25) is 0 Å². The molecule has 0 aliphatic rings. The average Bonchev–Trinajstić information content (AvgIpc) is 2.32. The lowest BCUT2D eigenvalue weighted by molar-refractivity contribution is -0.137. The third-order valence-corrected chi connectivity index (χ3v) is 3.05. The van der Waals surface area contributed by atoms with E-state index in [1.54, 1.807) is 18.2 Å². The van der Waals surface area contributed by atoms with E-state index in [1.807, 2.05) is 19.9 Å². The zero-order chi connectivity index (χ0) is 13.3. The van der Waals surface area contributed by atoms with Crippen LogP contribution in [0.3, 0.4) is 0 Å². The van der Waals surface area contributed by atoms with Crippen LogP contribution in [0.2, 0.25) is 0 Å². The van der Waals surface area contributed by atoms with Crippen molar-refractivity contribution in [2.45, 2.75) is 20.0 Å². The Kier molecular flexibility index (Phi) is 3.16. The average molecular weight is 250 g/mol. The molecule has 0 saturated heterocycles. The fourth-order valence-electron chi connectivity index (χ4n) is 1.89. The van der Waals surface area contributed by atoms with Crippen LogP contribution in [-0.4, -0.2) is 0 Å². The highest BCUT2D eigenvalue weighted by molar-refractivity contribution is 5.69. The van der Waals surface area contributed by atoms with E-state index < -0.39 is 11.7 Å². The monoisotopic (exact) mass is 250 g/mol. The van der Waals surface area contributed by atoms with Crippen LogP contribution in [-0.2, 0) is 6.18 Å². The lowest BCUT2D eigenvalue weighted by atomic mass is 9.96. The Hall–Kier alpha value is -1.77. The second kappa shape index (κ2) is 4.48. The molecule has 94 valence electrons. The minimum Gasteiger partial charge on any atom is -0.166 e. The van der Waals surface area contributed by atoms with Crippen LogP contribution in [0.4, 0.5) is 13.2 Å². The molecule has 0 amide bonds. The SMILES string of the molecule is Cc1ccc(-c2ccccc2C(F)(F)F)cc1C. The minimum absolute atomic E-state index is 0.230. The molecule has 0 spiro atoms. The highest BCUT2D eigenvalue weighted by Crippen LogP contribution is 2.37. The fourth-order valence-corrected chi connectivity index (χ4v) is 1.89. The molecule has 2 rings (SSSR count). The zero-order valence-electron chi connectivity index (χ0n) is 10.2. The summed E-state index contributed by atoms with van der Waals surface area (Å²) in [6.07, 6.45) is -4.32. The maximum atomic E-state index is 12.9. The smallest absolute Gasteiger partial charge is 0.166 e. The van der Waals surface area contributed by atoms with Crippen LogP contribution in [0.5, 0.6) is 0 Å². The molecule has 0 aromatic heterocycles. The van der Waals surface area contributed by atoms with E-state index in [0.29, 0.717) is 5.56 Å². The van der Waals surface area contributed by atoms with Gasteiger partial charge in [-0.05, 0) is 42.2 Å². The van der Waals surface area contributed by atoms with E-state index in [2.05, 4.69) is 0 Å². The summed E-state index contributed by atoms with van der Waals surface area (Å²) in [4.78, 5) is 0. The van der Waals surface area contributed by atoms with Crippen LogP contribution in [0.15, 0.2) is 42.5 Å². The van der Waals surface area contributed by atoms with E-state index in [9.17, 15) is 13.2 Å². The predicted octanol–water partition coefficient (Wildman–Crippen LogP) is 4.99. The first kappa shape index (κ1) is 12.7. The molecule has 0 saturated carbocycles. The van der Waals surface area contributed by atoms with Gasteiger partial charge in [0.25, 0.3) is 0 Å². The van der Waals surface area contributed by atoms with Crippen molar-refractivity contribution in [1.82, 2.24) is 0 Å². The second-order valence-corrected chi connectivity index (χ2v) is 4.34. The van der Waals surface area contributed by atoms with Gasteiger partial charge < -0.3 is 0 Å². The Morgan fingerprint density at radius 1 is 0.833 bits per heavy atom. The molecule has 0 atom stereocenters. The van der Waals surface area contributed by atoms with Crippen LogP contribution < -0.4 is 0 Å². The summed E-state index contributed by atoms with van der Waals surface area (Å²) in [5, 5.41) is 0. The summed E-state index contributed by atoms with van der Waals surface area (Å²) >= 11 is 0. The third kappa shape index (κ3) is 2.40. The Morgan fingerprint density at radius 3 is 2.11 bits per heavy atom. The molecule has 0 aliphatic carbocycles. The Balaban J connectivity index is 2.61. The van der Waals surface area contributed by atoms with Crippen LogP contribution >= 0.6 is 0 Å². The van der Waals surface area contributed by atoms with Crippen molar-refractivity contribution in [3.8, 4) is 11.1 Å². The van der Waals surface area contributed by atoms with E-state index in [-0.39, 0.29) is 5.56 Å². The number of hydrogen-bond acceptors (Lipinski definition) is 0. The highest BCUT2D eigenvalue weighted by Gasteiger charge is 2.33. The van der Waals surface area contributed by atoms with Gasteiger partial charge in [-0.3, -0.25) is 0 Å². The largest absolute Gasteiger partial charge is 0.417 e. The van der Waals surface area contributed by atoms with Crippen LogP contribution in [0.1, 0.15) is 16.7 Å². The van der Waals surface area contributed by atoms with E-state index in [4.69, 9.17) is 0 Å². The third-order valence-electron chi connectivity index (χ3n) is 3.05. The van der Waals surface area contributed by atoms with Gasteiger partial charge in [-0.2, -0.15) is 13.2 Å². The molecule has 0 bridgehead atoms. The van der Waals surface area contributed by atoms with Gasteiger partial charge in [-0.1, -0.05) is 36.4 Å². The van der Waals surface area contributed by atoms with Gasteiger partial charge in [-0.25, -0.2) is 0 Å². The number of hydrogen-bond donors (Lipinski definition) is 0. The molecule has 0 nitrogen and oxygen atoms in total. The Labute approximate surface area is 104 Å². The number of benzene rings is 2. The van der Waals surface area contributed by atoms with E-state index in [1.165, 1.54) is 12.1 Å². The predicted molar refractivity (Wildman–Crippen MR) is 66.4 cm³/mol. The molecule has 0 radical (unpaired) electrons. The fraction of sp³-hybridized carbons (Fsp3) is 0.200. The minimum atomic E-state index is -4.32. The van der Waals surface area contributed by atoms with Crippen molar-refractivity contribution < 1.29 is 13.2 Å². The van der Waals surface area contributed by atoms with Gasteiger partial charge in [0.1, 0.15) is 0 Å². The first-order valence-corrected chi connectivity index (χ1v) is 5.63. The topological polar surface area (TPSA) is 0 Å². The summed E-state index contributed by atoms with van der Waals surface area (Å²) < 4.78 is 38.7. The molecule has 18 heavy (non-hydrogen) atoms. The molecule has 2 aromatic carbocycles. The van der Waals surface area contributed by atoms with Crippen molar-refractivity contribution in [2.75, 3.05) is 0 Å². The molecule has 0 heterocycles. The normalized spacial score (nSPS) is 11.6. The number of rotatable bonds is 1. The molecule has 0 unspecified atom stereocenters. The van der Waals surface area contributed by atoms with E-state index in [0.717, 1.165) is 17.2 Å². The zero-order valence-corrected chi connectivity index (χ0v) is 10.2. The number of aryl methyl sites for hydroxylation is 2. The summed E-state index contributed by atoms with van der Waals surface area (Å²) in [6, 6.07) is 11.0. The van der Waals surface area contributed by atoms with Gasteiger partial charge in [0.05, 0.1) is 5.56 Å². The second-order valence-electron chi connectivity index (χ2n) is 4.34. The van der Waals surface area contributed by atoms with Crippen molar-refractivity contribution in [3.63, 3.8) is 0 Å². The first-order valence-electron chi connectivity index (χ1n) is 5.63. The standard InChI is InChI=1S/C15H13F3/c1-10-7-8-12(9-11(10)2)13-5-3-4-6-14(13)15(16,17)18/h3-9H,1-2H3. The quantitative estimate of drug-likeness (QED) is 0.669. The molecular weight excluding hydrogens is 237 g/mol. The summed E-state index contributed by atoms with van der Waals surface area (Å²) in [7, 11) is 0. The van der Waals surface area contributed by atoms with Gasteiger partial charge in [0.15, 0.2) is 0 Å². The lowest BCUT2D eigenvalue weighted by Crippen LogP contribution is -2.06. The summed E-state index contributed by atoms with van der Waals surface area (Å²) in [5.41, 5.74) is 2.31.